The van der Waals surface area contributed by atoms with E-state index >= 15 is 0 Å². The van der Waals surface area contributed by atoms with Gasteiger partial charge in [-0.25, -0.2) is 9.59 Å². The van der Waals surface area contributed by atoms with Crippen LogP contribution in [0.4, 0.5) is 0 Å². The molecule has 0 unspecified atom stereocenters. The van der Waals surface area contributed by atoms with Crippen LogP contribution < -0.4 is 15.1 Å². The van der Waals surface area contributed by atoms with Gasteiger partial charge in [-0.1, -0.05) is 12.1 Å². The van der Waals surface area contributed by atoms with Gasteiger partial charge < -0.3 is 18.6 Å². The molecule has 0 aliphatic rings. The van der Waals surface area contributed by atoms with Crippen molar-refractivity contribution in [3.05, 3.63) is 58.4 Å². The topological polar surface area (TPSA) is 75.0 Å². The number of carbonyl (C=O) groups excluding carboxylic acids is 1. The summed E-state index contributed by atoms with van der Waals surface area (Å²) in [6, 6.07) is 12.4. The number of benzene rings is 2. The number of esters is 1. The van der Waals surface area contributed by atoms with Crippen LogP contribution in [0.1, 0.15) is 12.5 Å². The minimum absolute atomic E-state index is 0.202. The Morgan fingerprint density at radius 2 is 1.78 bits per heavy atom. The Labute approximate surface area is 156 Å². The average molecular weight is 368 g/mol. The lowest BCUT2D eigenvalue weighted by atomic mass is 9.99. The standard InChI is InChI=1S/C21H20O6/c1-4-25-19(22)12-26-16-9-10-17-13(2)20(21(23)27-18(17)11-16)14-5-7-15(24-3)8-6-14/h5-11H,4,12H2,1-3H3. The van der Waals surface area contributed by atoms with Crippen molar-refractivity contribution in [2.45, 2.75) is 13.8 Å². The average Bonchev–Trinajstić information content (AvgIpc) is 2.67. The van der Waals surface area contributed by atoms with Gasteiger partial charge in [0.1, 0.15) is 17.1 Å². The van der Waals surface area contributed by atoms with E-state index in [9.17, 15) is 9.59 Å². The number of hydrogen-bond donors (Lipinski definition) is 0. The molecule has 3 rings (SSSR count). The van der Waals surface area contributed by atoms with E-state index in [-0.39, 0.29) is 6.61 Å². The van der Waals surface area contributed by atoms with Crippen molar-refractivity contribution in [3.63, 3.8) is 0 Å². The first kappa shape index (κ1) is 18.5. The van der Waals surface area contributed by atoms with Gasteiger partial charge in [-0.05, 0) is 49.2 Å². The van der Waals surface area contributed by atoms with Gasteiger partial charge >= 0.3 is 11.6 Å². The number of aryl methyl sites for hydroxylation is 1. The van der Waals surface area contributed by atoms with E-state index in [2.05, 4.69) is 0 Å². The van der Waals surface area contributed by atoms with Crippen LogP contribution in [0.2, 0.25) is 0 Å². The first-order valence-electron chi connectivity index (χ1n) is 8.53. The van der Waals surface area contributed by atoms with Gasteiger partial charge in [0.15, 0.2) is 6.61 Å². The zero-order chi connectivity index (χ0) is 19.4. The van der Waals surface area contributed by atoms with Crippen LogP contribution >= 0.6 is 0 Å². The fourth-order valence-corrected chi connectivity index (χ4v) is 2.86. The van der Waals surface area contributed by atoms with Gasteiger partial charge in [-0.3, -0.25) is 0 Å². The minimum atomic E-state index is -0.454. The summed E-state index contributed by atoms with van der Waals surface area (Å²) in [7, 11) is 1.59. The highest BCUT2D eigenvalue weighted by atomic mass is 16.6. The lowest BCUT2D eigenvalue weighted by molar-refractivity contribution is -0.145. The van der Waals surface area contributed by atoms with Crippen molar-refractivity contribution in [1.29, 1.82) is 0 Å². The molecule has 0 atom stereocenters. The predicted molar refractivity (Wildman–Crippen MR) is 101 cm³/mol. The Hall–Kier alpha value is -3.28. The second-order valence-corrected chi connectivity index (χ2v) is 5.87. The molecule has 0 fully saturated rings. The summed E-state index contributed by atoms with van der Waals surface area (Å²) >= 11 is 0. The summed E-state index contributed by atoms with van der Waals surface area (Å²) < 4.78 is 20.9. The molecule has 0 spiro atoms. The second-order valence-electron chi connectivity index (χ2n) is 5.87. The molecule has 0 radical (unpaired) electrons. The Bertz CT molecular complexity index is 1020. The summed E-state index contributed by atoms with van der Waals surface area (Å²) in [6.07, 6.45) is 0. The number of methoxy groups -OCH3 is 1. The number of hydrogen-bond acceptors (Lipinski definition) is 6. The predicted octanol–water partition coefficient (Wildman–Crippen LogP) is 3.72. The zero-order valence-corrected chi connectivity index (χ0v) is 15.4. The van der Waals surface area contributed by atoms with Gasteiger partial charge in [-0.2, -0.15) is 0 Å². The Balaban J connectivity index is 1.96. The molecule has 27 heavy (non-hydrogen) atoms. The summed E-state index contributed by atoms with van der Waals surface area (Å²) in [5.74, 6) is 0.686. The van der Waals surface area contributed by atoms with Gasteiger partial charge in [0.25, 0.3) is 0 Å². The van der Waals surface area contributed by atoms with Gasteiger partial charge in [0.05, 0.1) is 19.3 Å². The van der Waals surface area contributed by atoms with E-state index in [4.69, 9.17) is 18.6 Å². The number of fused-ring (bicyclic) bond motifs is 1. The minimum Gasteiger partial charge on any atom is -0.497 e. The fourth-order valence-electron chi connectivity index (χ4n) is 2.86. The number of carbonyl (C=O) groups is 1. The molecule has 0 saturated carbocycles. The van der Waals surface area contributed by atoms with E-state index < -0.39 is 11.6 Å². The molecule has 0 aliphatic heterocycles. The third-order valence-electron chi connectivity index (χ3n) is 4.18. The highest BCUT2D eigenvalue weighted by molar-refractivity contribution is 5.87. The van der Waals surface area contributed by atoms with Crippen LogP contribution in [0.25, 0.3) is 22.1 Å². The van der Waals surface area contributed by atoms with Crippen molar-refractivity contribution in [2.24, 2.45) is 0 Å². The maximum atomic E-state index is 12.6. The molecular formula is C21H20O6. The molecule has 0 saturated heterocycles. The van der Waals surface area contributed by atoms with E-state index in [0.717, 1.165) is 16.5 Å². The molecule has 6 heteroatoms. The largest absolute Gasteiger partial charge is 0.497 e. The van der Waals surface area contributed by atoms with Gasteiger partial charge in [0, 0.05) is 11.5 Å². The van der Waals surface area contributed by atoms with Crippen LogP contribution in [0.15, 0.2) is 51.7 Å². The molecule has 1 aromatic heterocycles. The lowest BCUT2D eigenvalue weighted by Crippen LogP contribution is -2.14. The monoisotopic (exact) mass is 368 g/mol. The normalized spacial score (nSPS) is 10.6. The summed E-state index contributed by atoms with van der Waals surface area (Å²) in [5.41, 5.74) is 2.03. The van der Waals surface area contributed by atoms with Gasteiger partial charge in [-0.15, -0.1) is 0 Å². The van der Waals surface area contributed by atoms with Gasteiger partial charge in [0.2, 0.25) is 0 Å². The fraction of sp³-hybridized carbons (Fsp3) is 0.238. The summed E-state index contributed by atoms with van der Waals surface area (Å²) in [4.78, 5) is 24.0. The molecule has 2 aromatic carbocycles. The molecule has 0 bridgehead atoms. The molecular weight excluding hydrogens is 348 g/mol. The van der Waals surface area contributed by atoms with E-state index in [1.807, 2.05) is 19.1 Å². The Morgan fingerprint density at radius 3 is 2.44 bits per heavy atom. The maximum Gasteiger partial charge on any atom is 0.344 e. The van der Waals surface area contributed by atoms with Crippen LogP contribution in [0.3, 0.4) is 0 Å². The van der Waals surface area contributed by atoms with E-state index in [1.165, 1.54) is 0 Å². The van der Waals surface area contributed by atoms with Crippen molar-refractivity contribution in [3.8, 4) is 22.6 Å². The number of rotatable bonds is 6. The number of ether oxygens (including phenoxy) is 3. The molecule has 3 aromatic rings. The summed E-state index contributed by atoms with van der Waals surface area (Å²) in [6.45, 7) is 3.69. The molecule has 6 nitrogen and oxygen atoms in total. The third-order valence-corrected chi connectivity index (χ3v) is 4.18. The molecule has 0 amide bonds. The highest BCUT2D eigenvalue weighted by Gasteiger charge is 2.14. The van der Waals surface area contributed by atoms with Crippen molar-refractivity contribution in [2.75, 3.05) is 20.3 Å². The molecule has 140 valence electrons. The SMILES string of the molecule is CCOC(=O)COc1ccc2c(C)c(-c3ccc(OC)cc3)c(=O)oc2c1. The van der Waals surface area contributed by atoms with Crippen molar-refractivity contribution in [1.82, 2.24) is 0 Å². The van der Waals surface area contributed by atoms with Crippen LogP contribution in [0, 0.1) is 6.92 Å². The van der Waals surface area contributed by atoms with E-state index in [0.29, 0.717) is 29.3 Å². The second kappa shape index (κ2) is 7.95. The first-order valence-corrected chi connectivity index (χ1v) is 8.53. The maximum absolute atomic E-state index is 12.6. The Kier molecular flexibility index (Phi) is 5.45. The zero-order valence-electron chi connectivity index (χ0n) is 15.4. The smallest absolute Gasteiger partial charge is 0.344 e. The van der Waals surface area contributed by atoms with Crippen LogP contribution in [0.5, 0.6) is 11.5 Å². The van der Waals surface area contributed by atoms with Crippen molar-refractivity contribution >= 4 is 16.9 Å². The quantitative estimate of drug-likeness (QED) is 0.488. The molecule has 0 aliphatic carbocycles. The summed E-state index contributed by atoms with van der Waals surface area (Å²) in [5, 5.41) is 0.795. The molecule has 0 N–H and O–H groups in total. The highest BCUT2D eigenvalue weighted by Crippen LogP contribution is 2.29. The van der Waals surface area contributed by atoms with Crippen molar-refractivity contribution < 1.29 is 23.4 Å². The van der Waals surface area contributed by atoms with E-state index in [1.54, 1.807) is 44.4 Å². The van der Waals surface area contributed by atoms with Crippen LogP contribution in [-0.2, 0) is 9.53 Å². The van der Waals surface area contributed by atoms with Crippen LogP contribution in [-0.4, -0.2) is 26.3 Å². The third kappa shape index (κ3) is 3.95. The first-order chi connectivity index (χ1) is 13.0. The Morgan fingerprint density at radius 1 is 1.07 bits per heavy atom. The lowest BCUT2D eigenvalue weighted by Gasteiger charge is -2.10. The molecule has 1 heterocycles.